The summed E-state index contributed by atoms with van der Waals surface area (Å²) in [4.78, 5) is 40.9. The average Bonchev–Trinajstić information content (AvgIpc) is 2.98. The van der Waals surface area contributed by atoms with E-state index in [2.05, 4.69) is 15.5 Å². The summed E-state index contributed by atoms with van der Waals surface area (Å²) in [5.74, 6) is -0.632. The molecule has 2 unspecified atom stereocenters. The fourth-order valence-electron chi connectivity index (χ4n) is 5.91. The van der Waals surface area contributed by atoms with Gasteiger partial charge in [0.15, 0.2) is 0 Å². The van der Waals surface area contributed by atoms with Gasteiger partial charge in [-0.2, -0.15) is 13.2 Å². The molecule has 2 atom stereocenters. The van der Waals surface area contributed by atoms with Crippen LogP contribution in [-0.4, -0.2) is 29.5 Å². The second-order valence-corrected chi connectivity index (χ2v) is 10.7. The first-order valence-electron chi connectivity index (χ1n) is 13.6. The number of alkyl halides is 3. The molecule has 0 aliphatic carbocycles. The Labute approximate surface area is 239 Å². The van der Waals surface area contributed by atoms with Crippen LogP contribution in [-0.2, 0) is 12.7 Å². The second kappa shape index (κ2) is 10.8. The fraction of sp³-hybridized carbons (Fsp3) is 0.219. The topological polar surface area (TPSA) is 83.4 Å². The summed E-state index contributed by atoms with van der Waals surface area (Å²) in [5.41, 5.74) is 1.84. The zero-order chi connectivity index (χ0) is 29.4. The molecule has 2 N–H and O–H groups in total. The van der Waals surface area contributed by atoms with Crippen molar-refractivity contribution < 1.29 is 22.8 Å². The summed E-state index contributed by atoms with van der Waals surface area (Å²) in [7, 11) is 0. The van der Waals surface area contributed by atoms with Crippen LogP contribution < -0.4 is 21.1 Å². The molecule has 1 saturated heterocycles. The van der Waals surface area contributed by atoms with E-state index in [0.29, 0.717) is 30.9 Å². The first kappa shape index (κ1) is 27.3. The van der Waals surface area contributed by atoms with Crippen LogP contribution in [0.4, 0.5) is 30.2 Å². The standard InChI is InChI=1S/C32H27F3N4O3/c33-32(34,35)24-8-4-9-25(16-24)36-31(42)22-12-13-28(26(15-22)37-30(41)21-6-2-1-3-7-21)38-17-20-14-23(19-38)27-10-5-11-29(40)39(27)18-20/h1-13,15-16,20,23H,14,17-19H2,(H,36,42)(H,37,41). The van der Waals surface area contributed by atoms with Crippen molar-refractivity contribution in [3.05, 3.63) is 124 Å². The van der Waals surface area contributed by atoms with Gasteiger partial charge in [-0.15, -0.1) is 0 Å². The highest BCUT2D eigenvalue weighted by Crippen LogP contribution is 2.39. The lowest BCUT2D eigenvalue weighted by Crippen LogP contribution is -2.47. The SMILES string of the molecule is O=C(Nc1cccc(C(F)(F)F)c1)c1ccc(N2CC3CC(C2)c2cccc(=O)n2C3)c(NC(=O)c2ccccc2)c1. The number of nitrogens with zero attached hydrogens (tertiary/aromatic N) is 2. The molecule has 2 amide bonds. The molecule has 1 aromatic heterocycles. The van der Waals surface area contributed by atoms with Crippen LogP contribution in [0.2, 0.25) is 0 Å². The molecule has 42 heavy (non-hydrogen) atoms. The van der Waals surface area contributed by atoms with Crippen LogP contribution >= 0.6 is 0 Å². The molecule has 2 aliphatic rings. The summed E-state index contributed by atoms with van der Waals surface area (Å²) >= 11 is 0. The monoisotopic (exact) mass is 572 g/mol. The summed E-state index contributed by atoms with van der Waals surface area (Å²) < 4.78 is 41.4. The zero-order valence-electron chi connectivity index (χ0n) is 22.4. The van der Waals surface area contributed by atoms with Crippen LogP contribution in [0.5, 0.6) is 0 Å². The molecule has 2 aliphatic heterocycles. The number of amides is 2. The zero-order valence-corrected chi connectivity index (χ0v) is 22.4. The Hall–Kier alpha value is -4.86. The van der Waals surface area contributed by atoms with Gasteiger partial charge in [0.25, 0.3) is 17.4 Å². The number of piperidine rings is 1. The van der Waals surface area contributed by atoms with E-state index >= 15 is 0 Å². The minimum atomic E-state index is -4.54. The van der Waals surface area contributed by atoms with Crippen LogP contribution in [0.25, 0.3) is 0 Å². The molecule has 1 fully saturated rings. The van der Waals surface area contributed by atoms with Gasteiger partial charge in [-0.25, -0.2) is 0 Å². The number of benzene rings is 3. The number of carbonyl (C=O) groups is 2. The predicted octanol–water partition coefficient (Wildman–Crippen LogP) is 6.00. The second-order valence-electron chi connectivity index (χ2n) is 10.7. The van der Waals surface area contributed by atoms with Crippen molar-refractivity contribution in [1.29, 1.82) is 0 Å². The fourth-order valence-corrected chi connectivity index (χ4v) is 5.91. The Balaban J connectivity index is 1.31. The smallest absolute Gasteiger partial charge is 0.369 e. The lowest BCUT2D eigenvalue weighted by molar-refractivity contribution is -0.137. The molecule has 0 radical (unpaired) electrons. The highest BCUT2D eigenvalue weighted by Gasteiger charge is 2.35. The van der Waals surface area contributed by atoms with Gasteiger partial charge in [0.2, 0.25) is 0 Å². The van der Waals surface area contributed by atoms with Gasteiger partial charge in [0.05, 0.1) is 16.9 Å². The average molecular weight is 573 g/mol. The third-order valence-electron chi connectivity index (χ3n) is 7.81. The van der Waals surface area contributed by atoms with Crippen molar-refractivity contribution in [3.63, 3.8) is 0 Å². The first-order chi connectivity index (χ1) is 20.2. The van der Waals surface area contributed by atoms with E-state index in [1.54, 1.807) is 60.7 Å². The Bertz CT molecular complexity index is 1720. The molecule has 0 spiro atoms. The van der Waals surface area contributed by atoms with E-state index in [9.17, 15) is 27.6 Å². The molecule has 2 bridgehead atoms. The highest BCUT2D eigenvalue weighted by molar-refractivity contribution is 6.09. The van der Waals surface area contributed by atoms with Crippen molar-refractivity contribution in [2.75, 3.05) is 28.6 Å². The number of nitrogens with one attached hydrogen (secondary N) is 2. The number of aromatic nitrogens is 1. The van der Waals surface area contributed by atoms with Gasteiger partial charge in [-0.05, 0) is 66.9 Å². The summed E-state index contributed by atoms with van der Waals surface area (Å²) in [5, 5.41) is 5.47. The normalized spacial score (nSPS) is 17.7. The van der Waals surface area contributed by atoms with Gasteiger partial charge in [0.1, 0.15) is 0 Å². The third-order valence-corrected chi connectivity index (χ3v) is 7.81. The maximum absolute atomic E-state index is 13.2. The molecule has 214 valence electrons. The van der Waals surface area contributed by atoms with E-state index in [0.717, 1.165) is 29.9 Å². The number of fused-ring (bicyclic) bond motifs is 4. The number of hydrogen-bond acceptors (Lipinski definition) is 4. The number of halogens is 3. The van der Waals surface area contributed by atoms with E-state index in [4.69, 9.17) is 0 Å². The molecule has 0 saturated carbocycles. The van der Waals surface area contributed by atoms with Crippen molar-refractivity contribution in [3.8, 4) is 0 Å². The van der Waals surface area contributed by atoms with Crippen LogP contribution in [0.15, 0.2) is 95.8 Å². The van der Waals surface area contributed by atoms with E-state index in [-0.39, 0.29) is 34.6 Å². The summed E-state index contributed by atoms with van der Waals surface area (Å²) in [6, 6.07) is 23.3. The largest absolute Gasteiger partial charge is 0.416 e. The van der Waals surface area contributed by atoms with Gasteiger partial charge >= 0.3 is 6.18 Å². The number of anilines is 3. The van der Waals surface area contributed by atoms with Crippen LogP contribution in [0.1, 0.15) is 44.3 Å². The summed E-state index contributed by atoms with van der Waals surface area (Å²) in [6.07, 6.45) is -3.60. The minimum absolute atomic E-state index is 0.00605. The predicted molar refractivity (Wildman–Crippen MR) is 154 cm³/mol. The van der Waals surface area contributed by atoms with E-state index in [1.165, 1.54) is 12.1 Å². The van der Waals surface area contributed by atoms with Crippen LogP contribution in [0, 0.1) is 5.92 Å². The maximum Gasteiger partial charge on any atom is 0.416 e. The van der Waals surface area contributed by atoms with Crippen molar-refractivity contribution in [2.24, 2.45) is 5.92 Å². The molecular weight excluding hydrogens is 545 g/mol. The Morgan fingerprint density at radius 2 is 1.52 bits per heavy atom. The minimum Gasteiger partial charge on any atom is -0.369 e. The highest BCUT2D eigenvalue weighted by atomic mass is 19.4. The molecular formula is C32H27F3N4O3. The van der Waals surface area contributed by atoms with Crippen molar-refractivity contribution in [2.45, 2.75) is 25.1 Å². The number of pyridine rings is 1. The molecule has 6 rings (SSSR count). The van der Waals surface area contributed by atoms with Gasteiger partial charge in [0, 0.05) is 54.1 Å². The van der Waals surface area contributed by atoms with Gasteiger partial charge < -0.3 is 20.1 Å². The molecule has 3 heterocycles. The Kier molecular flexibility index (Phi) is 7.06. The lowest BCUT2D eigenvalue weighted by Gasteiger charge is -2.44. The van der Waals surface area contributed by atoms with Crippen molar-refractivity contribution in [1.82, 2.24) is 4.57 Å². The van der Waals surface area contributed by atoms with E-state index in [1.807, 2.05) is 10.6 Å². The lowest BCUT2D eigenvalue weighted by atomic mass is 9.83. The quantitative estimate of drug-likeness (QED) is 0.308. The van der Waals surface area contributed by atoms with E-state index < -0.39 is 17.6 Å². The first-order valence-corrected chi connectivity index (χ1v) is 13.6. The molecule has 3 aromatic carbocycles. The van der Waals surface area contributed by atoms with Gasteiger partial charge in [-0.1, -0.05) is 30.3 Å². The van der Waals surface area contributed by atoms with Gasteiger partial charge in [-0.3, -0.25) is 14.4 Å². The van der Waals surface area contributed by atoms with Crippen LogP contribution in [0.3, 0.4) is 0 Å². The number of carbonyl (C=O) groups excluding carboxylic acids is 2. The number of rotatable bonds is 5. The Morgan fingerprint density at radius 1 is 0.762 bits per heavy atom. The summed E-state index contributed by atoms with van der Waals surface area (Å²) in [6.45, 7) is 1.87. The Morgan fingerprint density at radius 3 is 2.31 bits per heavy atom. The molecule has 7 nitrogen and oxygen atoms in total. The third kappa shape index (κ3) is 5.52. The van der Waals surface area contributed by atoms with Crippen molar-refractivity contribution >= 4 is 28.9 Å². The maximum atomic E-state index is 13.2. The number of hydrogen-bond donors (Lipinski definition) is 2. The molecule has 10 heteroatoms. The molecule has 4 aromatic rings.